The number of hydrogen-bond donors (Lipinski definition) is 1. The van der Waals surface area contributed by atoms with Crippen LogP contribution in [0.2, 0.25) is 0 Å². The molecule has 82 valence electrons. The van der Waals surface area contributed by atoms with E-state index in [0.29, 0.717) is 13.2 Å². The number of rotatable bonds is 3. The molecule has 0 saturated heterocycles. The molecule has 15 heavy (non-hydrogen) atoms. The molecule has 1 aliphatic rings. The highest BCUT2D eigenvalue weighted by Gasteiger charge is 2.10. The van der Waals surface area contributed by atoms with Crippen LogP contribution in [-0.4, -0.2) is 20.3 Å². The van der Waals surface area contributed by atoms with Crippen molar-refractivity contribution in [1.82, 2.24) is 5.48 Å². The van der Waals surface area contributed by atoms with Crippen LogP contribution in [0.1, 0.15) is 12.0 Å². The summed E-state index contributed by atoms with van der Waals surface area (Å²) in [4.78, 5) is 4.79. The SMILES string of the molecule is CONCc1ccc2c(c1)OCCCO2. The van der Waals surface area contributed by atoms with Gasteiger partial charge in [-0.1, -0.05) is 6.07 Å². The molecule has 0 amide bonds. The molecule has 1 N–H and O–H groups in total. The summed E-state index contributed by atoms with van der Waals surface area (Å²) in [6, 6.07) is 5.92. The largest absolute Gasteiger partial charge is 0.490 e. The minimum Gasteiger partial charge on any atom is -0.490 e. The van der Waals surface area contributed by atoms with E-state index < -0.39 is 0 Å². The van der Waals surface area contributed by atoms with Gasteiger partial charge in [0.15, 0.2) is 11.5 Å². The average Bonchev–Trinajstić information content (AvgIpc) is 2.50. The second-order valence-electron chi connectivity index (χ2n) is 3.36. The van der Waals surface area contributed by atoms with Crippen molar-refractivity contribution in [3.8, 4) is 11.5 Å². The first-order chi connectivity index (χ1) is 7.40. The fraction of sp³-hybridized carbons (Fsp3) is 0.455. The number of nitrogens with one attached hydrogen (secondary N) is 1. The van der Waals surface area contributed by atoms with Gasteiger partial charge in [-0.2, -0.15) is 5.48 Å². The Morgan fingerprint density at radius 2 is 2.07 bits per heavy atom. The van der Waals surface area contributed by atoms with Gasteiger partial charge in [-0.25, -0.2) is 0 Å². The first-order valence-corrected chi connectivity index (χ1v) is 5.04. The van der Waals surface area contributed by atoms with Crippen molar-refractivity contribution in [2.75, 3.05) is 20.3 Å². The van der Waals surface area contributed by atoms with Crippen LogP contribution in [0.15, 0.2) is 18.2 Å². The van der Waals surface area contributed by atoms with Crippen molar-refractivity contribution in [2.24, 2.45) is 0 Å². The maximum absolute atomic E-state index is 5.58. The Bertz CT molecular complexity index is 328. The van der Waals surface area contributed by atoms with Crippen molar-refractivity contribution in [1.29, 1.82) is 0 Å². The number of hydrogen-bond acceptors (Lipinski definition) is 4. The third-order valence-corrected chi connectivity index (χ3v) is 2.23. The summed E-state index contributed by atoms with van der Waals surface area (Å²) in [5.41, 5.74) is 3.90. The normalized spacial score (nSPS) is 14.7. The molecule has 0 fully saturated rings. The molecule has 0 aromatic heterocycles. The highest BCUT2D eigenvalue weighted by atomic mass is 16.6. The molecule has 0 radical (unpaired) electrons. The lowest BCUT2D eigenvalue weighted by molar-refractivity contribution is 0.0866. The fourth-order valence-corrected chi connectivity index (χ4v) is 1.47. The zero-order valence-electron chi connectivity index (χ0n) is 8.79. The highest BCUT2D eigenvalue weighted by molar-refractivity contribution is 5.43. The molecule has 1 aromatic rings. The van der Waals surface area contributed by atoms with Crippen molar-refractivity contribution < 1.29 is 14.3 Å². The van der Waals surface area contributed by atoms with Gasteiger partial charge < -0.3 is 14.3 Å². The lowest BCUT2D eigenvalue weighted by atomic mass is 10.2. The second kappa shape index (κ2) is 5.00. The summed E-state index contributed by atoms with van der Waals surface area (Å²) in [5.74, 6) is 1.65. The Morgan fingerprint density at radius 1 is 1.27 bits per heavy atom. The van der Waals surface area contributed by atoms with E-state index in [4.69, 9.17) is 14.3 Å². The molecule has 1 heterocycles. The molecule has 4 nitrogen and oxygen atoms in total. The van der Waals surface area contributed by atoms with Crippen LogP contribution in [0, 0.1) is 0 Å². The van der Waals surface area contributed by atoms with Gasteiger partial charge in [0.05, 0.1) is 20.3 Å². The predicted octanol–water partition coefficient (Wildman–Crippen LogP) is 1.50. The van der Waals surface area contributed by atoms with E-state index in [0.717, 1.165) is 30.1 Å². The molecule has 0 aliphatic carbocycles. The van der Waals surface area contributed by atoms with Crippen molar-refractivity contribution in [2.45, 2.75) is 13.0 Å². The van der Waals surface area contributed by atoms with Crippen molar-refractivity contribution >= 4 is 0 Å². The molecule has 0 bridgehead atoms. The van der Waals surface area contributed by atoms with Crippen molar-refractivity contribution in [3.05, 3.63) is 23.8 Å². The van der Waals surface area contributed by atoms with Gasteiger partial charge in [0.1, 0.15) is 0 Å². The Morgan fingerprint density at radius 3 is 2.87 bits per heavy atom. The standard InChI is InChI=1S/C11H15NO3/c1-13-12-8-9-3-4-10-11(7-9)15-6-2-5-14-10/h3-4,7,12H,2,5-6,8H2,1H3. The van der Waals surface area contributed by atoms with Gasteiger partial charge in [0, 0.05) is 13.0 Å². The number of ether oxygens (including phenoxy) is 2. The average molecular weight is 209 g/mol. The highest BCUT2D eigenvalue weighted by Crippen LogP contribution is 2.30. The molecule has 0 spiro atoms. The summed E-state index contributed by atoms with van der Waals surface area (Å²) in [5, 5.41) is 0. The van der Waals surface area contributed by atoms with Gasteiger partial charge in [-0.05, 0) is 17.7 Å². The number of hydroxylamine groups is 1. The van der Waals surface area contributed by atoms with Crippen LogP contribution in [0.4, 0.5) is 0 Å². The van der Waals surface area contributed by atoms with E-state index >= 15 is 0 Å². The third-order valence-electron chi connectivity index (χ3n) is 2.23. The van der Waals surface area contributed by atoms with E-state index in [9.17, 15) is 0 Å². The topological polar surface area (TPSA) is 39.7 Å². The van der Waals surface area contributed by atoms with Gasteiger partial charge >= 0.3 is 0 Å². The molecular formula is C11H15NO3. The summed E-state index contributed by atoms with van der Waals surface area (Å²) in [6.45, 7) is 2.10. The molecule has 0 unspecified atom stereocenters. The molecule has 2 rings (SSSR count). The second-order valence-corrected chi connectivity index (χ2v) is 3.36. The monoisotopic (exact) mass is 209 g/mol. The molecule has 4 heteroatoms. The van der Waals surface area contributed by atoms with Gasteiger partial charge in [0.2, 0.25) is 0 Å². The van der Waals surface area contributed by atoms with Gasteiger partial charge in [-0.3, -0.25) is 0 Å². The van der Waals surface area contributed by atoms with E-state index in [-0.39, 0.29) is 0 Å². The van der Waals surface area contributed by atoms with E-state index in [1.54, 1.807) is 7.11 Å². The summed E-state index contributed by atoms with van der Waals surface area (Å²) in [6.07, 6.45) is 0.931. The fourth-order valence-electron chi connectivity index (χ4n) is 1.47. The van der Waals surface area contributed by atoms with Crippen LogP contribution in [-0.2, 0) is 11.4 Å². The summed E-state index contributed by atoms with van der Waals surface area (Å²) >= 11 is 0. The maximum atomic E-state index is 5.58. The third kappa shape index (κ3) is 2.61. The van der Waals surface area contributed by atoms with Crippen LogP contribution >= 0.6 is 0 Å². The molecule has 0 atom stereocenters. The quantitative estimate of drug-likeness (QED) is 0.766. The van der Waals surface area contributed by atoms with Crippen LogP contribution in [0.5, 0.6) is 11.5 Å². The zero-order chi connectivity index (χ0) is 10.5. The lowest BCUT2D eigenvalue weighted by Crippen LogP contribution is -2.10. The molecular weight excluding hydrogens is 194 g/mol. The van der Waals surface area contributed by atoms with Crippen LogP contribution in [0.3, 0.4) is 0 Å². The minimum atomic E-state index is 0.660. The van der Waals surface area contributed by atoms with E-state index in [2.05, 4.69) is 5.48 Å². The predicted molar refractivity (Wildman–Crippen MR) is 55.9 cm³/mol. The first-order valence-electron chi connectivity index (χ1n) is 5.04. The lowest BCUT2D eigenvalue weighted by Gasteiger charge is -2.09. The maximum Gasteiger partial charge on any atom is 0.161 e. The smallest absolute Gasteiger partial charge is 0.161 e. The first kappa shape index (κ1) is 10.3. The van der Waals surface area contributed by atoms with Gasteiger partial charge in [0.25, 0.3) is 0 Å². The Hall–Kier alpha value is -1.26. The van der Waals surface area contributed by atoms with Crippen LogP contribution < -0.4 is 15.0 Å². The van der Waals surface area contributed by atoms with Crippen LogP contribution in [0.25, 0.3) is 0 Å². The van der Waals surface area contributed by atoms with E-state index in [1.807, 2.05) is 18.2 Å². The molecule has 0 saturated carbocycles. The zero-order valence-corrected chi connectivity index (χ0v) is 8.79. The number of fused-ring (bicyclic) bond motifs is 1. The van der Waals surface area contributed by atoms with Crippen molar-refractivity contribution in [3.63, 3.8) is 0 Å². The summed E-state index contributed by atoms with van der Waals surface area (Å²) in [7, 11) is 1.60. The molecule has 1 aliphatic heterocycles. The molecule has 1 aromatic carbocycles. The Labute approximate surface area is 89.1 Å². The van der Waals surface area contributed by atoms with E-state index in [1.165, 1.54) is 0 Å². The Balaban J connectivity index is 2.13. The Kier molecular flexibility index (Phi) is 3.42. The van der Waals surface area contributed by atoms with Gasteiger partial charge in [-0.15, -0.1) is 0 Å². The number of benzene rings is 1. The summed E-state index contributed by atoms with van der Waals surface area (Å²) < 4.78 is 11.1. The minimum absolute atomic E-state index is 0.660.